The molecule has 1 aromatic heterocycles. The molecular weight excluding hydrogens is 484 g/mol. The van der Waals surface area contributed by atoms with Crippen LogP contribution in [-0.4, -0.2) is 110 Å². The summed E-state index contributed by atoms with van der Waals surface area (Å²) < 4.78 is 28.9. The van der Waals surface area contributed by atoms with E-state index in [4.69, 9.17) is 5.73 Å². The van der Waals surface area contributed by atoms with E-state index in [9.17, 15) is 14.0 Å². The number of alkyl halides is 1. The predicted molar refractivity (Wildman–Crippen MR) is 134 cm³/mol. The molecule has 5 rings (SSSR count). The van der Waals surface area contributed by atoms with Crippen LogP contribution in [-0.2, 0) is 9.59 Å². The lowest BCUT2D eigenvalue weighted by Gasteiger charge is -2.43. The minimum absolute atomic E-state index is 0.126. The zero-order valence-electron chi connectivity index (χ0n) is 21.4. The molecule has 2 amide bonds. The normalized spacial score (nSPS) is 30.7. The van der Waals surface area contributed by atoms with Gasteiger partial charge in [-0.15, -0.1) is 0 Å². The average molecular weight is 522 g/mol. The van der Waals surface area contributed by atoms with Crippen molar-refractivity contribution in [1.29, 1.82) is 0 Å². The number of piperazine rings is 1. The van der Waals surface area contributed by atoms with Crippen molar-refractivity contribution in [3.63, 3.8) is 0 Å². The fourth-order valence-corrected chi connectivity index (χ4v) is 5.86. The van der Waals surface area contributed by atoms with Gasteiger partial charge in [0.15, 0.2) is 5.82 Å². The smallest absolute Gasteiger partial charge is 0.233 e. The number of rotatable bonds is 4. The summed E-state index contributed by atoms with van der Waals surface area (Å²) >= 11 is 0. The molecule has 0 spiro atoms. The van der Waals surface area contributed by atoms with Gasteiger partial charge in [-0.25, -0.2) is 19.2 Å². The number of anilines is 2. The highest BCUT2D eigenvalue weighted by atomic mass is 19.1. The number of hydrogen-bond acceptors (Lipinski definition) is 9. The van der Waals surface area contributed by atoms with E-state index in [2.05, 4.69) is 33.0 Å². The van der Waals surface area contributed by atoms with Crippen LogP contribution in [0.3, 0.4) is 0 Å². The van der Waals surface area contributed by atoms with E-state index in [1.165, 1.54) is 6.20 Å². The molecule has 5 heterocycles. The Morgan fingerprint density at radius 3 is 2.57 bits per heavy atom. The van der Waals surface area contributed by atoms with Crippen molar-refractivity contribution in [2.45, 2.75) is 38.3 Å². The van der Waals surface area contributed by atoms with Gasteiger partial charge in [0.05, 0.1) is 36.3 Å². The number of aromatic nitrogens is 1. The SMILES string of the molecule is CN1CCN(C(=O)C2(C)CCN(c3c(F)cncc3NC(=O)C3C(N)NN4CC(F)CNC34)CC2)CC1. The van der Waals surface area contributed by atoms with Gasteiger partial charge in [0.25, 0.3) is 0 Å². The standard InChI is InChI=1S/C24H37F2N9O2/c1-24(23(37)34-9-7-32(2)8-10-34)3-5-33(6-4-24)19-16(26)12-28-13-17(19)30-22(36)18-20(27)31-35-14-15(25)11-29-21(18)35/h12-13,15,18,20-21,29,31H,3-11,14,27H2,1-2H3,(H,30,36). The van der Waals surface area contributed by atoms with E-state index in [1.807, 2.05) is 16.7 Å². The second-order valence-electron chi connectivity index (χ2n) is 10.9. The summed E-state index contributed by atoms with van der Waals surface area (Å²) in [7, 11) is 2.06. The Morgan fingerprint density at radius 2 is 1.86 bits per heavy atom. The summed E-state index contributed by atoms with van der Waals surface area (Å²) in [6.45, 7) is 6.37. The molecule has 0 saturated carbocycles. The molecule has 4 saturated heterocycles. The van der Waals surface area contributed by atoms with Gasteiger partial charge < -0.3 is 25.8 Å². The minimum atomic E-state index is -1.07. The third-order valence-electron chi connectivity index (χ3n) is 8.24. The summed E-state index contributed by atoms with van der Waals surface area (Å²) in [6, 6.07) is 0. The van der Waals surface area contributed by atoms with E-state index in [0.29, 0.717) is 25.9 Å². The van der Waals surface area contributed by atoms with E-state index < -0.39 is 41.6 Å². The third kappa shape index (κ3) is 5.15. The van der Waals surface area contributed by atoms with Crippen LogP contribution >= 0.6 is 0 Å². The second kappa shape index (κ2) is 10.4. The molecule has 204 valence electrons. The lowest BCUT2D eigenvalue weighted by atomic mass is 9.78. The highest BCUT2D eigenvalue weighted by Gasteiger charge is 2.47. The number of nitrogens with one attached hydrogen (secondary N) is 3. The molecule has 4 aliphatic rings. The fourth-order valence-electron chi connectivity index (χ4n) is 5.86. The molecule has 11 nitrogen and oxygen atoms in total. The van der Waals surface area contributed by atoms with Gasteiger partial charge >= 0.3 is 0 Å². The van der Waals surface area contributed by atoms with Gasteiger partial charge in [-0.2, -0.15) is 0 Å². The molecule has 4 atom stereocenters. The van der Waals surface area contributed by atoms with E-state index in [1.54, 1.807) is 5.01 Å². The number of amides is 2. The molecule has 5 N–H and O–H groups in total. The second-order valence-corrected chi connectivity index (χ2v) is 10.9. The van der Waals surface area contributed by atoms with Crippen LogP contribution in [0.1, 0.15) is 19.8 Å². The maximum atomic E-state index is 15.1. The van der Waals surface area contributed by atoms with Crippen LogP contribution in [0.4, 0.5) is 20.2 Å². The largest absolute Gasteiger partial charge is 0.367 e. The van der Waals surface area contributed by atoms with Gasteiger partial charge in [-0.05, 0) is 19.9 Å². The highest BCUT2D eigenvalue weighted by molar-refractivity contribution is 5.96. The van der Waals surface area contributed by atoms with E-state index >= 15 is 4.39 Å². The maximum absolute atomic E-state index is 15.1. The van der Waals surface area contributed by atoms with E-state index in [-0.39, 0.29) is 30.4 Å². The molecule has 0 bridgehead atoms. The summed E-state index contributed by atoms with van der Waals surface area (Å²) in [5, 5.41) is 7.45. The van der Waals surface area contributed by atoms with Crippen molar-refractivity contribution >= 4 is 23.2 Å². The number of carbonyl (C=O) groups is 2. The van der Waals surface area contributed by atoms with Crippen LogP contribution in [0, 0.1) is 17.2 Å². The first-order chi connectivity index (χ1) is 17.7. The molecule has 13 heteroatoms. The Bertz CT molecular complexity index is 1010. The quantitative estimate of drug-likeness (QED) is 0.417. The summed E-state index contributed by atoms with van der Waals surface area (Å²) in [4.78, 5) is 36.6. The highest BCUT2D eigenvalue weighted by Crippen LogP contribution is 2.38. The van der Waals surface area contributed by atoms with Crippen LogP contribution in [0.2, 0.25) is 0 Å². The van der Waals surface area contributed by atoms with Gasteiger partial charge in [0.1, 0.15) is 11.9 Å². The fraction of sp³-hybridized carbons (Fsp3) is 0.708. The first-order valence-corrected chi connectivity index (χ1v) is 13.0. The monoisotopic (exact) mass is 521 g/mol. The van der Waals surface area contributed by atoms with Crippen LogP contribution < -0.4 is 26.7 Å². The maximum Gasteiger partial charge on any atom is 0.233 e. The molecule has 37 heavy (non-hydrogen) atoms. The number of hydrazine groups is 1. The zero-order chi connectivity index (χ0) is 26.3. The Hall–Kier alpha value is -2.45. The van der Waals surface area contributed by atoms with Gasteiger partial charge in [-0.3, -0.25) is 19.9 Å². The molecule has 0 aliphatic carbocycles. The number of nitrogens with two attached hydrogens (primary N) is 1. The summed E-state index contributed by atoms with van der Waals surface area (Å²) in [5.74, 6) is -1.50. The third-order valence-corrected chi connectivity index (χ3v) is 8.24. The lowest BCUT2D eigenvalue weighted by Crippen LogP contribution is -2.58. The number of piperidine rings is 1. The van der Waals surface area contributed by atoms with Gasteiger partial charge in [-0.1, -0.05) is 6.92 Å². The number of halogens is 2. The molecular formula is C24H37F2N9O2. The summed E-state index contributed by atoms with van der Waals surface area (Å²) in [6.07, 6.45) is 1.46. The van der Waals surface area contributed by atoms with Crippen LogP contribution in [0.5, 0.6) is 0 Å². The minimum Gasteiger partial charge on any atom is -0.367 e. The van der Waals surface area contributed by atoms with Crippen molar-refractivity contribution in [2.24, 2.45) is 17.1 Å². The average Bonchev–Trinajstić information content (AvgIpc) is 3.20. The van der Waals surface area contributed by atoms with Crippen molar-refractivity contribution in [1.82, 2.24) is 30.5 Å². The topological polar surface area (TPSA) is 122 Å². The first-order valence-electron chi connectivity index (χ1n) is 13.0. The number of likely N-dealkylation sites (N-methyl/N-ethyl adjacent to an activating group) is 1. The van der Waals surface area contributed by atoms with E-state index in [0.717, 1.165) is 32.4 Å². The first kappa shape index (κ1) is 26.2. The molecule has 0 aromatic carbocycles. The Kier molecular flexibility index (Phi) is 7.33. The van der Waals surface area contributed by atoms with Crippen molar-refractivity contribution in [2.75, 3.05) is 69.6 Å². The lowest BCUT2D eigenvalue weighted by molar-refractivity contribution is -0.144. The van der Waals surface area contributed by atoms with Crippen LogP contribution in [0.15, 0.2) is 12.4 Å². The van der Waals surface area contributed by atoms with Crippen LogP contribution in [0.25, 0.3) is 0 Å². The van der Waals surface area contributed by atoms with Crippen molar-refractivity contribution < 1.29 is 18.4 Å². The Labute approximate surface area is 215 Å². The number of fused-ring (bicyclic) bond motifs is 1. The number of pyridine rings is 1. The predicted octanol–water partition coefficient (Wildman–Crippen LogP) is -0.472. The zero-order valence-corrected chi connectivity index (χ0v) is 21.4. The van der Waals surface area contributed by atoms with Gasteiger partial charge in [0, 0.05) is 57.8 Å². The molecule has 0 radical (unpaired) electrons. The Morgan fingerprint density at radius 1 is 1.16 bits per heavy atom. The van der Waals surface area contributed by atoms with Crippen molar-refractivity contribution in [3.05, 3.63) is 18.2 Å². The Balaban J connectivity index is 1.27. The number of carbonyl (C=O) groups excluding carboxylic acids is 2. The summed E-state index contributed by atoms with van der Waals surface area (Å²) in [5.41, 5.74) is 9.12. The molecule has 4 fully saturated rings. The number of hydrogen-bond donors (Lipinski definition) is 4. The van der Waals surface area contributed by atoms with Crippen molar-refractivity contribution in [3.8, 4) is 0 Å². The molecule has 1 aromatic rings. The van der Waals surface area contributed by atoms with Gasteiger partial charge in [0.2, 0.25) is 11.8 Å². The molecule has 4 aliphatic heterocycles. The number of nitrogens with zero attached hydrogens (tertiary/aromatic N) is 5. The molecule has 4 unspecified atom stereocenters.